The number of pyridine rings is 1. The lowest BCUT2D eigenvalue weighted by Crippen LogP contribution is -2.29. The van der Waals surface area contributed by atoms with Crippen LogP contribution in [0.3, 0.4) is 0 Å². The SMILES string of the molecule is N#Cc1ncn(CC(=O)N2Cc3ccc(-c4cc(F)ncc4Cl)cc3C2)n1. The van der Waals surface area contributed by atoms with Crippen LogP contribution in [-0.2, 0) is 24.4 Å². The first-order chi connectivity index (χ1) is 13.0. The molecule has 0 aliphatic carbocycles. The number of halogens is 2. The third-order valence-corrected chi connectivity index (χ3v) is 4.65. The highest BCUT2D eigenvalue weighted by Crippen LogP contribution is 2.32. The molecular formula is C18H12ClFN6O. The molecule has 0 spiro atoms. The van der Waals surface area contributed by atoms with Crippen molar-refractivity contribution < 1.29 is 9.18 Å². The Labute approximate surface area is 158 Å². The van der Waals surface area contributed by atoms with Crippen molar-refractivity contribution in [3.05, 3.63) is 64.7 Å². The molecule has 0 radical (unpaired) electrons. The number of carbonyl (C=O) groups is 1. The summed E-state index contributed by atoms with van der Waals surface area (Å²) in [7, 11) is 0. The molecule has 1 amide bonds. The molecular weight excluding hydrogens is 371 g/mol. The monoisotopic (exact) mass is 382 g/mol. The minimum atomic E-state index is -0.601. The lowest BCUT2D eigenvalue weighted by molar-refractivity contribution is -0.132. The van der Waals surface area contributed by atoms with E-state index in [9.17, 15) is 9.18 Å². The summed E-state index contributed by atoms with van der Waals surface area (Å²) in [4.78, 5) is 21.5. The largest absolute Gasteiger partial charge is 0.332 e. The normalized spacial score (nSPS) is 12.7. The van der Waals surface area contributed by atoms with Crippen LogP contribution < -0.4 is 0 Å². The molecule has 0 saturated carbocycles. The first kappa shape index (κ1) is 17.1. The van der Waals surface area contributed by atoms with Gasteiger partial charge in [0.15, 0.2) is 0 Å². The van der Waals surface area contributed by atoms with E-state index in [1.807, 2.05) is 24.3 Å². The fourth-order valence-corrected chi connectivity index (χ4v) is 3.25. The molecule has 0 N–H and O–H groups in total. The number of nitriles is 1. The summed E-state index contributed by atoms with van der Waals surface area (Å²) in [6.45, 7) is 0.927. The number of fused-ring (bicyclic) bond motifs is 1. The van der Waals surface area contributed by atoms with E-state index in [0.29, 0.717) is 23.7 Å². The van der Waals surface area contributed by atoms with E-state index in [0.717, 1.165) is 16.7 Å². The predicted octanol–water partition coefficient (Wildman–Crippen LogP) is 2.55. The predicted molar refractivity (Wildman–Crippen MR) is 93.6 cm³/mol. The summed E-state index contributed by atoms with van der Waals surface area (Å²) in [5.41, 5.74) is 3.33. The number of benzene rings is 1. The van der Waals surface area contributed by atoms with Crippen molar-refractivity contribution in [2.45, 2.75) is 19.6 Å². The van der Waals surface area contributed by atoms with E-state index in [-0.39, 0.29) is 18.3 Å². The number of rotatable bonds is 3. The van der Waals surface area contributed by atoms with Gasteiger partial charge >= 0.3 is 0 Å². The van der Waals surface area contributed by atoms with E-state index in [4.69, 9.17) is 16.9 Å². The molecule has 0 unspecified atom stereocenters. The molecule has 7 nitrogen and oxygen atoms in total. The van der Waals surface area contributed by atoms with Crippen LogP contribution >= 0.6 is 11.6 Å². The molecule has 3 heterocycles. The maximum atomic E-state index is 13.5. The molecule has 27 heavy (non-hydrogen) atoms. The van der Waals surface area contributed by atoms with Gasteiger partial charge in [-0.25, -0.2) is 14.6 Å². The van der Waals surface area contributed by atoms with E-state index in [2.05, 4.69) is 15.1 Å². The minimum absolute atomic E-state index is 0.0108. The van der Waals surface area contributed by atoms with E-state index >= 15 is 0 Å². The van der Waals surface area contributed by atoms with Crippen LogP contribution in [0.1, 0.15) is 17.0 Å². The zero-order valence-electron chi connectivity index (χ0n) is 13.9. The van der Waals surface area contributed by atoms with Crippen LogP contribution in [0.15, 0.2) is 36.8 Å². The first-order valence-corrected chi connectivity index (χ1v) is 8.42. The Bertz CT molecular complexity index is 1090. The number of aromatic nitrogens is 4. The number of carbonyl (C=O) groups excluding carboxylic acids is 1. The van der Waals surface area contributed by atoms with Crippen LogP contribution in [0.2, 0.25) is 5.02 Å². The molecule has 0 atom stereocenters. The van der Waals surface area contributed by atoms with Gasteiger partial charge in [0, 0.05) is 30.9 Å². The van der Waals surface area contributed by atoms with Gasteiger partial charge in [-0.2, -0.15) is 9.65 Å². The first-order valence-electron chi connectivity index (χ1n) is 8.04. The van der Waals surface area contributed by atoms with Crippen molar-refractivity contribution >= 4 is 17.5 Å². The second-order valence-corrected chi connectivity index (χ2v) is 6.50. The Morgan fingerprint density at radius 3 is 2.85 bits per heavy atom. The minimum Gasteiger partial charge on any atom is -0.332 e. The molecule has 0 bridgehead atoms. The highest BCUT2D eigenvalue weighted by Gasteiger charge is 2.24. The standard InChI is InChI=1S/C18H12ClFN6O/c19-15-6-22-16(20)4-14(15)11-1-2-12-7-25(8-13(12)3-11)18(27)9-26-10-23-17(5-21)24-26/h1-4,6,10H,7-9H2. The summed E-state index contributed by atoms with van der Waals surface area (Å²) in [6.07, 6.45) is 2.64. The van der Waals surface area contributed by atoms with Gasteiger partial charge in [0.05, 0.1) is 5.02 Å². The number of hydrogen-bond acceptors (Lipinski definition) is 5. The van der Waals surface area contributed by atoms with Crippen molar-refractivity contribution in [2.24, 2.45) is 0 Å². The fraction of sp³-hybridized carbons (Fsp3) is 0.167. The maximum Gasteiger partial charge on any atom is 0.252 e. The van der Waals surface area contributed by atoms with Gasteiger partial charge in [-0.1, -0.05) is 23.7 Å². The highest BCUT2D eigenvalue weighted by atomic mass is 35.5. The second-order valence-electron chi connectivity index (χ2n) is 6.10. The van der Waals surface area contributed by atoms with Gasteiger partial charge < -0.3 is 4.90 Å². The fourth-order valence-electron chi connectivity index (χ4n) is 3.03. The molecule has 9 heteroatoms. The van der Waals surface area contributed by atoms with E-state index in [1.165, 1.54) is 23.3 Å². The van der Waals surface area contributed by atoms with Gasteiger partial charge in [0.1, 0.15) is 18.9 Å². The van der Waals surface area contributed by atoms with Gasteiger partial charge in [0.2, 0.25) is 11.9 Å². The van der Waals surface area contributed by atoms with Crippen molar-refractivity contribution in [2.75, 3.05) is 0 Å². The highest BCUT2D eigenvalue weighted by molar-refractivity contribution is 6.33. The molecule has 1 aliphatic rings. The summed E-state index contributed by atoms with van der Waals surface area (Å²) in [5.74, 6) is -0.704. The van der Waals surface area contributed by atoms with Gasteiger partial charge in [-0.15, -0.1) is 5.10 Å². The zero-order valence-corrected chi connectivity index (χ0v) is 14.7. The Hall–Kier alpha value is -3.31. The van der Waals surface area contributed by atoms with Crippen LogP contribution in [0.4, 0.5) is 4.39 Å². The number of hydrogen-bond donors (Lipinski definition) is 0. The molecule has 0 saturated heterocycles. The molecule has 4 rings (SSSR count). The van der Waals surface area contributed by atoms with E-state index < -0.39 is 5.95 Å². The Morgan fingerprint density at radius 2 is 2.07 bits per heavy atom. The third-order valence-electron chi connectivity index (χ3n) is 4.35. The van der Waals surface area contributed by atoms with Crippen LogP contribution in [-0.4, -0.2) is 30.6 Å². The Kier molecular flexibility index (Phi) is 4.30. The van der Waals surface area contributed by atoms with Crippen LogP contribution in [0, 0.1) is 17.3 Å². The topological polar surface area (TPSA) is 87.7 Å². The van der Waals surface area contributed by atoms with Gasteiger partial charge in [-0.3, -0.25) is 4.79 Å². The number of nitrogens with zero attached hydrogens (tertiary/aromatic N) is 6. The average Bonchev–Trinajstić information content (AvgIpc) is 3.29. The second kappa shape index (κ2) is 6.78. The summed E-state index contributed by atoms with van der Waals surface area (Å²) < 4.78 is 14.8. The Morgan fingerprint density at radius 1 is 1.26 bits per heavy atom. The van der Waals surface area contributed by atoms with Gasteiger partial charge in [0.25, 0.3) is 5.82 Å². The van der Waals surface area contributed by atoms with Crippen molar-refractivity contribution in [1.29, 1.82) is 5.26 Å². The molecule has 2 aromatic heterocycles. The van der Waals surface area contributed by atoms with E-state index in [1.54, 1.807) is 4.90 Å². The third kappa shape index (κ3) is 3.37. The molecule has 1 aliphatic heterocycles. The molecule has 1 aromatic carbocycles. The van der Waals surface area contributed by atoms with Crippen LogP contribution in [0.5, 0.6) is 0 Å². The molecule has 3 aromatic rings. The summed E-state index contributed by atoms with van der Waals surface area (Å²) in [5, 5.41) is 13.0. The van der Waals surface area contributed by atoms with Crippen LogP contribution in [0.25, 0.3) is 11.1 Å². The lowest BCUT2D eigenvalue weighted by atomic mass is 10.0. The smallest absolute Gasteiger partial charge is 0.252 e. The maximum absolute atomic E-state index is 13.5. The zero-order chi connectivity index (χ0) is 19.0. The molecule has 0 fully saturated rings. The average molecular weight is 383 g/mol. The lowest BCUT2D eigenvalue weighted by Gasteiger charge is -2.14. The summed E-state index contributed by atoms with van der Waals surface area (Å²) in [6, 6.07) is 8.79. The van der Waals surface area contributed by atoms with Crippen molar-refractivity contribution in [1.82, 2.24) is 24.6 Å². The molecule has 134 valence electrons. The van der Waals surface area contributed by atoms with Gasteiger partial charge in [-0.05, 0) is 22.8 Å². The quantitative estimate of drug-likeness (QED) is 0.649. The number of amides is 1. The van der Waals surface area contributed by atoms with Crippen molar-refractivity contribution in [3.8, 4) is 17.2 Å². The Balaban J connectivity index is 1.52. The summed E-state index contributed by atoms with van der Waals surface area (Å²) >= 11 is 6.13. The van der Waals surface area contributed by atoms with Crippen molar-refractivity contribution in [3.63, 3.8) is 0 Å².